The topological polar surface area (TPSA) is 66.5 Å². The number of amides is 1. The molecule has 7 heteroatoms. The Bertz CT molecular complexity index is 941. The number of carbonyl (C=O) groups is 1. The predicted octanol–water partition coefficient (Wildman–Crippen LogP) is 3.75. The van der Waals surface area contributed by atoms with Gasteiger partial charge in [0.15, 0.2) is 0 Å². The van der Waals surface area contributed by atoms with Crippen LogP contribution in [0.3, 0.4) is 0 Å². The highest BCUT2D eigenvalue weighted by Crippen LogP contribution is 2.31. The number of nitrogens with one attached hydrogen (secondary N) is 1. The summed E-state index contributed by atoms with van der Waals surface area (Å²) in [7, 11) is -3.72. The van der Waals surface area contributed by atoms with E-state index >= 15 is 0 Å². The van der Waals surface area contributed by atoms with Gasteiger partial charge < -0.3 is 4.90 Å². The average Bonchev–Trinajstić information content (AvgIpc) is 3.00. The normalized spacial score (nSPS) is 13.6. The molecule has 2 aromatic carbocycles. The summed E-state index contributed by atoms with van der Waals surface area (Å²) in [4.78, 5) is 13.8. The Morgan fingerprint density at radius 2 is 2.00 bits per heavy atom. The molecule has 0 radical (unpaired) electrons. The van der Waals surface area contributed by atoms with E-state index in [1.165, 1.54) is 6.07 Å². The summed E-state index contributed by atoms with van der Waals surface area (Å²) in [6, 6.07) is 9.88. The Balaban J connectivity index is 1.89. The lowest BCUT2D eigenvalue weighted by atomic mass is 10.2. The van der Waals surface area contributed by atoms with E-state index in [1.807, 2.05) is 13.8 Å². The number of halogens is 1. The molecule has 132 valence electrons. The largest absolute Gasteiger partial charge is 0.312 e. The summed E-state index contributed by atoms with van der Waals surface area (Å²) < 4.78 is 27.8. The van der Waals surface area contributed by atoms with Crippen LogP contribution in [-0.2, 0) is 21.2 Å². The van der Waals surface area contributed by atoms with E-state index in [0.29, 0.717) is 30.1 Å². The van der Waals surface area contributed by atoms with Gasteiger partial charge in [-0.1, -0.05) is 24.6 Å². The molecule has 0 saturated carbocycles. The van der Waals surface area contributed by atoms with Crippen molar-refractivity contribution in [3.8, 4) is 0 Å². The number of carbonyl (C=O) groups excluding carboxylic acids is 1. The van der Waals surface area contributed by atoms with Gasteiger partial charge in [0.05, 0.1) is 10.6 Å². The summed E-state index contributed by atoms with van der Waals surface area (Å²) in [5.74, 6) is 0.0433. The van der Waals surface area contributed by atoms with Crippen LogP contribution in [0.2, 0.25) is 5.02 Å². The molecule has 1 amide bonds. The van der Waals surface area contributed by atoms with E-state index in [0.717, 1.165) is 16.8 Å². The molecule has 5 nitrogen and oxygen atoms in total. The van der Waals surface area contributed by atoms with Crippen LogP contribution in [0.5, 0.6) is 0 Å². The van der Waals surface area contributed by atoms with Crippen molar-refractivity contribution in [3.05, 3.63) is 52.5 Å². The third-order valence-electron chi connectivity index (χ3n) is 4.28. The van der Waals surface area contributed by atoms with Gasteiger partial charge in [-0.15, -0.1) is 0 Å². The minimum atomic E-state index is -3.72. The Morgan fingerprint density at radius 3 is 2.68 bits per heavy atom. The molecule has 0 unspecified atom stereocenters. The zero-order valence-corrected chi connectivity index (χ0v) is 15.6. The van der Waals surface area contributed by atoms with Crippen molar-refractivity contribution in [1.29, 1.82) is 0 Å². The molecular weight excluding hydrogens is 360 g/mol. The maximum Gasteiger partial charge on any atom is 0.261 e. The third-order valence-corrected chi connectivity index (χ3v) is 6.07. The van der Waals surface area contributed by atoms with E-state index in [2.05, 4.69) is 4.72 Å². The number of fused-ring (bicyclic) bond motifs is 1. The molecule has 0 aromatic heterocycles. The van der Waals surface area contributed by atoms with E-state index in [9.17, 15) is 13.2 Å². The zero-order chi connectivity index (χ0) is 18.2. The molecule has 3 rings (SSSR count). The molecule has 0 fully saturated rings. The van der Waals surface area contributed by atoms with Crippen molar-refractivity contribution in [1.82, 2.24) is 0 Å². The maximum absolute atomic E-state index is 12.6. The Kier molecular flexibility index (Phi) is 4.75. The first-order valence-electron chi connectivity index (χ1n) is 8.04. The number of benzene rings is 2. The predicted molar refractivity (Wildman–Crippen MR) is 99.8 cm³/mol. The summed E-state index contributed by atoms with van der Waals surface area (Å²) in [6.45, 7) is 4.26. The van der Waals surface area contributed by atoms with Gasteiger partial charge in [-0.25, -0.2) is 8.42 Å². The van der Waals surface area contributed by atoms with E-state index < -0.39 is 10.0 Å². The fourth-order valence-electron chi connectivity index (χ4n) is 2.87. The molecule has 1 aliphatic heterocycles. The van der Waals surface area contributed by atoms with Crippen molar-refractivity contribution in [2.75, 3.05) is 16.2 Å². The van der Waals surface area contributed by atoms with Gasteiger partial charge in [0.25, 0.3) is 10.0 Å². The molecule has 0 saturated heterocycles. The monoisotopic (exact) mass is 378 g/mol. The third kappa shape index (κ3) is 3.50. The Hall–Kier alpha value is -2.05. The highest BCUT2D eigenvalue weighted by atomic mass is 35.5. The van der Waals surface area contributed by atoms with Crippen LogP contribution in [0.15, 0.2) is 41.3 Å². The smallest absolute Gasteiger partial charge is 0.261 e. The minimum absolute atomic E-state index is 0.0433. The molecule has 1 aliphatic rings. The second-order valence-corrected chi connectivity index (χ2v) is 8.10. The van der Waals surface area contributed by atoms with Crippen LogP contribution in [0, 0.1) is 6.92 Å². The van der Waals surface area contributed by atoms with Crippen molar-refractivity contribution in [2.45, 2.75) is 31.6 Å². The number of anilines is 2. The lowest BCUT2D eigenvalue weighted by Crippen LogP contribution is -2.27. The first-order chi connectivity index (χ1) is 11.8. The van der Waals surface area contributed by atoms with Crippen LogP contribution in [0.4, 0.5) is 11.4 Å². The van der Waals surface area contributed by atoms with E-state index in [4.69, 9.17) is 11.6 Å². The molecule has 0 bridgehead atoms. The second kappa shape index (κ2) is 6.69. The summed E-state index contributed by atoms with van der Waals surface area (Å²) in [5.41, 5.74) is 2.96. The SMILES string of the molecule is CCC(=O)N1CCc2cc(S(=O)(=O)Nc3ccc(C)c(Cl)c3)ccc21. The quantitative estimate of drug-likeness (QED) is 0.881. The molecule has 1 heterocycles. The van der Waals surface area contributed by atoms with Crippen molar-refractivity contribution >= 4 is 38.9 Å². The number of aryl methyl sites for hydroxylation is 1. The van der Waals surface area contributed by atoms with E-state index in [1.54, 1.807) is 35.2 Å². The zero-order valence-electron chi connectivity index (χ0n) is 14.0. The van der Waals surface area contributed by atoms with Crippen molar-refractivity contribution in [2.24, 2.45) is 0 Å². The molecular formula is C18H19ClN2O3S. The lowest BCUT2D eigenvalue weighted by Gasteiger charge is -2.16. The first kappa shape index (κ1) is 17.8. The van der Waals surface area contributed by atoms with Crippen LogP contribution >= 0.6 is 11.6 Å². The number of nitrogens with zero attached hydrogens (tertiary/aromatic N) is 1. The summed E-state index contributed by atoms with van der Waals surface area (Å²) in [6.07, 6.45) is 1.08. The first-order valence-corrected chi connectivity index (χ1v) is 9.90. The Labute approximate surface area is 152 Å². The number of rotatable bonds is 4. The van der Waals surface area contributed by atoms with Gasteiger partial charge >= 0.3 is 0 Å². The van der Waals surface area contributed by atoms with Gasteiger partial charge in [-0.2, -0.15) is 0 Å². The molecule has 1 N–H and O–H groups in total. The van der Waals surface area contributed by atoms with Gasteiger partial charge in [-0.3, -0.25) is 9.52 Å². The van der Waals surface area contributed by atoms with E-state index in [-0.39, 0.29) is 10.8 Å². The Morgan fingerprint density at radius 1 is 1.24 bits per heavy atom. The summed E-state index contributed by atoms with van der Waals surface area (Å²) in [5, 5.41) is 0.503. The number of hydrogen-bond acceptors (Lipinski definition) is 3. The standard InChI is InChI=1S/C18H19ClN2O3S/c1-3-18(22)21-9-8-13-10-15(6-7-17(13)21)25(23,24)20-14-5-4-12(2)16(19)11-14/h4-7,10-11,20H,3,8-9H2,1-2H3. The molecule has 2 aromatic rings. The molecule has 0 atom stereocenters. The van der Waals surface area contributed by atoms with Crippen molar-refractivity contribution < 1.29 is 13.2 Å². The van der Waals surface area contributed by atoms with Crippen LogP contribution in [0.1, 0.15) is 24.5 Å². The van der Waals surface area contributed by atoms with Crippen LogP contribution in [-0.4, -0.2) is 20.9 Å². The van der Waals surface area contributed by atoms with Gasteiger partial charge in [0.2, 0.25) is 5.91 Å². The fraction of sp³-hybridized carbons (Fsp3) is 0.278. The maximum atomic E-state index is 12.6. The second-order valence-electron chi connectivity index (χ2n) is 6.01. The summed E-state index contributed by atoms with van der Waals surface area (Å²) >= 11 is 6.05. The van der Waals surface area contributed by atoms with Crippen LogP contribution in [0.25, 0.3) is 0 Å². The molecule has 0 aliphatic carbocycles. The average molecular weight is 379 g/mol. The number of hydrogen-bond donors (Lipinski definition) is 1. The fourth-order valence-corrected chi connectivity index (χ4v) is 4.15. The van der Waals surface area contributed by atoms with Gasteiger partial charge in [-0.05, 0) is 54.8 Å². The van der Waals surface area contributed by atoms with Crippen molar-refractivity contribution in [3.63, 3.8) is 0 Å². The highest BCUT2D eigenvalue weighted by molar-refractivity contribution is 7.92. The van der Waals surface area contributed by atoms with Crippen LogP contribution < -0.4 is 9.62 Å². The number of sulfonamides is 1. The minimum Gasteiger partial charge on any atom is -0.312 e. The molecule has 25 heavy (non-hydrogen) atoms. The highest BCUT2D eigenvalue weighted by Gasteiger charge is 2.25. The van der Waals surface area contributed by atoms with Gasteiger partial charge in [0, 0.05) is 23.7 Å². The molecule has 0 spiro atoms. The van der Waals surface area contributed by atoms with Gasteiger partial charge in [0.1, 0.15) is 0 Å². The lowest BCUT2D eigenvalue weighted by molar-refractivity contribution is -0.118.